The van der Waals surface area contributed by atoms with Crippen molar-refractivity contribution in [2.45, 2.75) is 25.4 Å². The first-order chi connectivity index (χ1) is 9.22. The minimum absolute atomic E-state index is 0.116. The van der Waals surface area contributed by atoms with Crippen LogP contribution in [0.3, 0.4) is 0 Å². The van der Waals surface area contributed by atoms with Crippen LogP contribution in [-0.2, 0) is 6.54 Å². The van der Waals surface area contributed by atoms with Crippen molar-refractivity contribution in [2.24, 2.45) is 0 Å². The molecule has 1 N–H and O–H groups in total. The van der Waals surface area contributed by atoms with E-state index in [2.05, 4.69) is 37.6 Å². The van der Waals surface area contributed by atoms with Gasteiger partial charge in [-0.05, 0) is 52.3 Å². The van der Waals surface area contributed by atoms with E-state index in [9.17, 15) is 4.79 Å². The average Bonchev–Trinajstić information content (AvgIpc) is 2.99. The highest BCUT2D eigenvalue weighted by Crippen LogP contribution is 2.24. The van der Waals surface area contributed by atoms with Crippen molar-refractivity contribution in [3.63, 3.8) is 0 Å². The predicted molar refractivity (Wildman–Crippen MR) is 80.4 cm³/mol. The average molecular weight is 344 g/mol. The number of amides is 2. The third-order valence-electron chi connectivity index (χ3n) is 3.84. The Morgan fingerprint density at radius 1 is 1.47 bits per heavy atom. The van der Waals surface area contributed by atoms with Gasteiger partial charge in [0.1, 0.15) is 0 Å². The maximum Gasteiger partial charge on any atom is 0.317 e. The van der Waals surface area contributed by atoms with Gasteiger partial charge >= 0.3 is 6.03 Å². The highest BCUT2D eigenvalue weighted by atomic mass is 79.9. The van der Waals surface area contributed by atoms with E-state index in [1.807, 2.05) is 4.90 Å². The third-order valence-corrected chi connectivity index (χ3v) is 5.39. The van der Waals surface area contributed by atoms with Gasteiger partial charge in [0.25, 0.3) is 0 Å². The fourth-order valence-electron chi connectivity index (χ4n) is 2.95. The van der Waals surface area contributed by atoms with Crippen LogP contribution in [-0.4, -0.2) is 48.1 Å². The molecule has 0 saturated carbocycles. The molecule has 0 aromatic carbocycles. The van der Waals surface area contributed by atoms with Crippen LogP contribution in [0.4, 0.5) is 4.79 Å². The second-order valence-corrected chi connectivity index (χ2v) is 7.51. The van der Waals surface area contributed by atoms with Crippen LogP contribution < -0.4 is 5.32 Å². The lowest BCUT2D eigenvalue weighted by atomic mass is 10.0. The van der Waals surface area contributed by atoms with Crippen LogP contribution in [0.15, 0.2) is 15.2 Å². The Kier molecular flexibility index (Phi) is 4.10. The monoisotopic (exact) mass is 343 g/mol. The van der Waals surface area contributed by atoms with Crippen molar-refractivity contribution in [1.29, 1.82) is 0 Å². The standard InChI is InChI=1S/C13H18BrN3OS/c14-12-6-10(9-19-12)7-16-4-1-2-11(8-16)17-5-3-15-13(17)18/h6,9,11H,1-5,7-8H2,(H,15,18)/t11-/m1/s1. The van der Waals surface area contributed by atoms with Crippen molar-refractivity contribution in [1.82, 2.24) is 15.1 Å². The first-order valence-electron chi connectivity index (χ1n) is 6.72. The van der Waals surface area contributed by atoms with Gasteiger partial charge in [-0.15, -0.1) is 11.3 Å². The topological polar surface area (TPSA) is 35.6 Å². The maximum atomic E-state index is 11.7. The van der Waals surface area contributed by atoms with Gasteiger partial charge in [0.2, 0.25) is 0 Å². The second-order valence-electron chi connectivity index (χ2n) is 5.22. The van der Waals surface area contributed by atoms with Crippen molar-refractivity contribution in [2.75, 3.05) is 26.2 Å². The van der Waals surface area contributed by atoms with Gasteiger partial charge in [-0.25, -0.2) is 4.79 Å². The Morgan fingerprint density at radius 2 is 2.37 bits per heavy atom. The van der Waals surface area contributed by atoms with Gasteiger partial charge in [-0.3, -0.25) is 4.90 Å². The summed E-state index contributed by atoms with van der Waals surface area (Å²) >= 11 is 5.24. The number of carbonyl (C=O) groups excluding carboxylic acids is 1. The van der Waals surface area contributed by atoms with Crippen molar-refractivity contribution < 1.29 is 4.79 Å². The molecule has 0 aliphatic carbocycles. The molecule has 2 aliphatic heterocycles. The first-order valence-corrected chi connectivity index (χ1v) is 8.39. The molecule has 0 bridgehead atoms. The number of hydrogen-bond donors (Lipinski definition) is 1. The van der Waals surface area contributed by atoms with Gasteiger partial charge in [0.15, 0.2) is 0 Å². The Labute approximate surface area is 125 Å². The van der Waals surface area contributed by atoms with Crippen molar-refractivity contribution >= 4 is 33.3 Å². The predicted octanol–water partition coefficient (Wildman–Crippen LogP) is 2.50. The number of nitrogens with one attached hydrogen (secondary N) is 1. The second kappa shape index (κ2) is 5.81. The van der Waals surface area contributed by atoms with E-state index >= 15 is 0 Å². The largest absolute Gasteiger partial charge is 0.336 e. The first kappa shape index (κ1) is 13.4. The summed E-state index contributed by atoms with van der Waals surface area (Å²) in [6.07, 6.45) is 2.32. The molecule has 3 heterocycles. The highest BCUT2D eigenvalue weighted by Gasteiger charge is 2.31. The van der Waals surface area contributed by atoms with E-state index in [0.29, 0.717) is 6.04 Å². The summed E-state index contributed by atoms with van der Waals surface area (Å²) in [6, 6.07) is 2.69. The molecule has 19 heavy (non-hydrogen) atoms. The molecular formula is C13H18BrN3OS. The smallest absolute Gasteiger partial charge is 0.317 e. The van der Waals surface area contributed by atoms with Crippen LogP contribution in [0.5, 0.6) is 0 Å². The van der Waals surface area contributed by atoms with Crippen LogP contribution in [0, 0.1) is 0 Å². The zero-order valence-electron chi connectivity index (χ0n) is 10.8. The van der Waals surface area contributed by atoms with E-state index < -0.39 is 0 Å². The summed E-state index contributed by atoms with van der Waals surface area (Å²) < 4.78 is 1.19. The summed E-state index contributed by atoms with van der Waals surface area (Å²) in [4.78, 5) is 16.2. The number of hydrogen-bond acceptors (Lipinski definition) is 3. The van der Waals surface area contributed by atoms with E-state index in [1.54, 1.807) is 11.3 Å². The molecule has 2 aliphatic rings. The number of halogens is 1. The highest BCUT2D eigenvalue weighted by molar-refractivity contribution is 9.11. The fourth-order valence-corrected chi connectivity index (χ4v) is 4.15. The molecule has 1 aromatic rings. The minimum atomic E-state index is 0.116. The zero-order valence-corrected chi connectivity index (χ0v) is 13.2. The van der Waals surface area contributed by atoms with Gasteiger partial charge in [0, 0.05) is 32.2 Å². The molecule has 2 fully saturated rings. The molecule has 0 unspecified atom stereocenters. The van der Waals surface area contributed by atoms with Crippen LogP contribution in [0.1, 0.15) is 18.4 Å². The Morgan fingerprint density at radius 3 is 3.05 bits per heavy atom. The van der Waals surface area contributed by atoms with Crippen molar-refractivity contribution in [3.05, 3.63) is 20.8 Å². The van der Waals surface area contributed by atoms with E-state index in [4.69, 9.17) is 0 Å². The van der Waals surface area contributed by atoms with Gasteiger partial charge in [-0.2, -0.15) is 0 Å². The Hall–Kier alpha value is -0.590. The summed E-state index contributed by atoms with van der Waals surface area (Å²) in [7, 11) is 0. The number of thiophene rings is 1. The lowest BCUT2D eigenvalue weighted by Gasteiger charge is -2.36. The summed E-state index contributed by atoms with van der Waals surface area (Å²) in [6.45, 7) is 4.79. The summed E-state index contributed by atoms with van der Waals surface area (Å²) in [5.74, 6) is 0. The third kappa shape index (κ3) is 3.12. The fraction of sp³-hybridized carbons (Fsp3) is 0.615. The van der Waals surface area contributed by atoms with E-state index in [-0.39, 0.29) is 6.03 Å². The molecule has 0 spiro atoms. The molecule has 2 saturated heterocycles. The number of likely N-dealkylation sites (tertiary alicyclic amines) is 1. The van der Waals surface area contributed by atoms with Crippen LogP contribution in [0.25, 0.3) is 0 Å². The normalized spacial score (nSPS) is 24.8. The lowest BCUT2D eigenvalue weighted by Crippen LogP contribution is -2.48. The van der Waals surface area contributed by atoms with Crippen LogP contribution in [0.2, 0.25) is 0 Å². The number of rotatable bonds is 3. The maximum absolute atomic E-state index is 11.7. The lowest BCUT2D eigenvalue weighted by molar-refractivity contribution is 0.122. The van der Waals surface area contributed by atoms with Crippen LogP contribution >= 0.6 is 27.3 Å². The molecular weight excluding hydrogens is 326 g/mol. The quantitative estimate of drug-likeness (QED) is 0.915. The number of carbonyl (C=O) groups is 1. The van der Waals surface area contributed by atoms with Gasteiger partial charge in [-0.1, -0.05) is 0 Å². The summed E-state index contributed by atoms with van der Waals surface area (Å²) in [5.41, 5.74) is 1.36. The number of urea groups is 1. The Balaban J connectivity index is 1.60. The molecule has 1 aromatic heterocycles. The van der Waals surface area contributed by atoms with E-state index in [0.717, 1.165) is 39.1 Å². The molecule has 4 nitrogen and oxygen atoms in total. The molecule has 104 valence electrons. The van der Waals surface area contributed by atoms with E-state index in [1.165, 1.54) is 15.8 Å². The van der Waals surface area contributed by atoms with Gasteiger partial charge in [0.05, 0.1) is 3.79 Å². The minimum Gasteiger partial charge on any atom is -0.336 e. The van der Waals surface area contributed by atoms with Gasteiger partial charge < -0.3 is 10.2 Å². The molecule has 1 atom stereocenters. The molecule has 6 heteroatoms. The molecule has 2 amide bonds. The zero-order chi connectivity index (χ0) is 13.2. The number of nitrogens with zero attached hydrogens (tertiary/aromatic N) is 2. The Bertz CT molecular complexity index is 464. The molecule has 3 rings (SSSR count). The van der Waals surface area contributed by atoms with Crippen molar-refractivity contribution in [3.8, 4) is 0 Å². The number of piperidine rings is 1. The SMILES string of the molecule is O=C1NCCN1[C@@H]1CCCN(Cc2csc(Br)c2)C1. The molecule has 0 radical (unpaired) electrons. The summed E-state index contributed by atoms with van der Waals surface area (Å²) in [5, 5.41) is 5.10.